The molecule has 8 heteroatoms. The summed E-state index contributed by atoms with van der Waals surface area (Å²) in [5, 5.41) is 3.68. The minimum Gasteiger partial charge on any atom is -0.497 e. The van der Waals surface area contributed by atoms with E-state index in [1.165, 1.54) is 4.90 Å². The van der Waals surface area contributed by atoms with Crippen LogP contribution in [0.5, 0.6) is 11.5 Å². The Morgan fingerprint density at radius 2 is 1.54 bits per heavy atom. The standard InChI is InChI=1S/C27H28Cl2N2O4/c1-3-30-27(33)25(16-19-8-5-4-6-9-19)31(17-22-23(28)10-7-11-24(22)29)26(32)18-35-21-14-12-20(34-2)13-15-21/h4-15,25H,3,16-18H2,1-2H3,(H,30,33). The third-order valence-corrected chi connectivity index (χ3v) is 6.14. The Kier molecular flexibility index (Phi) is 9.82. The van der Waals surface area contributed by atoms with Crippen molar-refractivity contribution in [3.63, 3.8) is 0 Å². The molecular weight excluding hydrogens is 487 g/mol. The fourth-order valence-electron chi connectivity index (χ4n) is 3.60. The van der Waals surface area contributed by atoms with Gasteiger partial charge in [-0.1, -0.05) is 59.6 Å². The first kappa shape index (κ1) is 26.4. The second-order valence-corrected chi connectivity index (χ2v) is 8.60. The number of ether oxygens (including phenoxy) is 2. The molecule has 0 fully saturated rings. The predicted octanol–water partition coefficient (Wildman–Crippen LogP) is 5.16. The largest absolute Gasteiger partial charge is 0.497 e. The first-order chi connectivity index (χ1) is 16.9. The zero-order valence-electron chi connectivity index (χ0n) is 19.7. The number of amides is 2. The van der Waals surface area contributed by atoms with Gasteiger partial charge in [0, 0.05) is 35.1 Å². The lowest BCUT2D eigenvalue weighted by Crippen LogP contribution is -2.51. The fraction of sp³-hybridized carbons (Fsp3) is 0.259. The maximum atomic E-state index is 13.5. The van der Waals surface area contributed by atoms with E-state index in [-0.39, 0.29) is 25.0 Å². The number of benzene rings is 3. The van der Waals surface area contributed by atoms with Crippen LogP contribution in [-0.4, -0.2) is 43.0 Å². The third-order valence-electron chi connectivity index (χ3n) is 5.43. The first-order valence-corrected chi connectivity index (χ1v) is 12.0. The summed E-state index contributed by atoms with van der Waals surface area (Å²) in [6, 6.07) is 20.8. The van der Waals surface area contributed by atoms with Crippen molar-refractivity contribution in [3.05, 3.63) is 94.0 Å². The van der Waals surface area contributed by atoms with Gasteiger partial charge in [-0.3, -0.25) is 9.59 Å². The van der Waals surface area contributed by atoms with E-state index < -0.39 is 6.04 Å². The monoisotopic (exact) mass is 514 g/mol. The molecule has 1 unspecified atom stereocenters. The number of halogens is 2. The van der Waals surface area contributed by atoms with Crippen LogP contribution >= 0.6 is 23.2 Å². The molecule has 0 aliphatic carbocycles. The summed E-state index contributed by atoms with van der Waals surface area (Å²) < 4.78 is 10.9. The topological polar surface area (TPSA) is 67.9 Å². The number of nitrogens with zero attached hydrogens (tertiary/aromatic N) is 1. The Hall–Kier alpha value is -3.22. The molecule has 0 radical (unpaired) electrons. The molecule has 0 saturated carbocycles. The molecule has 0 saturated heterocycles. The minimum absolute atomic E-state index is 0.0535. The van der Waals surface area contributed by atoms with Crippen LogP contribution < -0.4 is 14.8 Å². The predicted molar refractivity (Wildman–Crippen MR) is 138 cm³/mol. The second kappa shape index (κ2) is 13.0. The highest BCUT2D eigenvalue weighted by atomic mass is 35.5. The maximum absolute atomic E-state index is 13.5. The summed E-state index contributed by atoms with van der Waals surface area (Å²) in [6.07, 6.45) is 0.322. The Balaban J connectivity index is 1.91. The van der Waals surface area contributed by atoms with Crippen LogP contribution in [-0.2, 0) is 22.6 Å². The quantitative estimate of drug-likeness (QED) is 0.383. The average molecular weight is 515 g/mol. The van der Waals surface area contributed by atoms with Gasteiger partial charge in [0.1, 0.15) is 17.5 Å². The first-order valence-electron chi connectivity index (χ1n) is 11.2. The molecule has 0 aliphatic rings. The number of methoxy groups -OCH3 is 1. The van der Waals surface area contributed by atoms with Crippen molar-refractivity contribution < 1.29 is 19.1 Å². The van der Waals surface area contributed by atoms with E-state index in [2.05, 4.69) is 5.32 Å². The van der Waals surface area contributed by atoms with Crippen LogP contribution in [0.2, 0.25) is 10.0 Å². The molecule has 0 bridgehead atoms. The molecule has 0 spiro atoms. The summed E-state index contributed by atoms with van der Waals surface area (Å²) in [5.41, 5.74) is 1.49. The maximum Gasteiger partial charge on any atom is 0.261 e. The molecule has 3 aromatic carbocycles. The Morgan fingerprint density at radius 1 is 0.914 bits per heavy atom. The van der Waals surface area contributed by atoms with Crippen molar-refractivity contribution >= 4 is 35.0 Å². The van der Waals surface area contributed by atoms with Crippen molar-refractivity contribution in [2.24, 2.45) is 0 Å². The fourth-order valence-corrected chi connectivity index (χ4v) is 4.12. The molecule has 0 aromatic heterocycles. The van der Waals surface area contributed by atoms with Gasteiger partial charge in [-0.15, -0.1) is 0 Å². The number of carbonyl (C=O) groups excluding carboxylic acids is 2. The highest BCUT2D eigenvalue weighted by Gasteiger charge is 2.31. The van der Waals surface area contributed by atoms with Gasteiger partial charge in [-0.25, -0.2) is 0 Å². The van der Waals surface area contributed by atoms with Crippen molar-refractivity contribution in [2.75, 3.05) is 20.3 Å². The summed E-state index contributed by atoms with van der Waals surface area (Å²) in [6.45, 7) is 2.06. The SMILES string of the molecule is CCNC(=O)C(Cc1ccccc1)N(Cc1c(Cl)cccc1Cl)C(=O)COc1ccc(OC)cc1. The highest BCUT2D eigenvalue weighted by Crippen LogP contribution is 2.27. The molecule has 35 heavy (non-hydrogen) atoms. The van der Waals surface area contributed by atoms with Gasteiger partial charge < -0.3 is 19.7 Å². The minimum atomic E-state index is -0.795. The summed E-state index contributed by atoms with van der Waals surface area (Å²) >= 11 is 12.8. The van der Waals surface area contributed by atoms with Crippen LogP contribution in [0.3, 0.4) is 0 Å². The second-order valence-electron chi connectivity index (χ2n) is 7.79. The van der Waals surface area contributed by atoms with Crippen LogP contribution in [0.1, 0.15) is 18.1 Å². The normalized spacial score (nSPS) is 11.4. The van der Waals surface area contributed by atoms with E-state index in [1.807, 2.05) is 37.3 Å². The van der Waals surface area contributed by atoms with E-state index in [4.69, 9.17) is 32.7 Å². The Labute approximate surface area is 215 Å². The molecule has 0 aliphatic heterocycles. The van der Waals surface area contributed by atoms with Crippen molar-refractivity contribution in [1.82, 2.24) is 10.2 Å². The van der Waals surface area contributed by atoms with Crippen molar-refractivity contribution in [3.8, 4) is 11.5 Å². The van der Waals surface area contributed by atoms with Gasteiger partial charge >= 0.3 is 0 Å². The lowest BCUT2D eigenvalue weighted by molar-refractivity contribution is -0.142. The number of rotatable bonds is 11. The molecule has 1 N–H and O–H groups in total. The van der Waals surface area contributed by atoms with Gasteiger partial charge in [0.2, 0.25) is 5.91 Å². The zero-order chi connectivity index (χ0) is 25.2. The Morgan fingerprint density at radius 3 is 2.14 bits per heavy atom. The number of hydrogen-bond donors (Lipinski definition) is 1. The number of carbonyl (C=O) groups is 2. The zero-order valence-corrected chi connectivity index (χ0v) is 21.2. The van der Waals surface area contributed by atoms with Crippen LogP contribution in [0.4, 0.5) is 0 Å². The number of nitrogens with one attached hydrogen (secondary N) is 1. The van der Waals surface area contributed by atoms with E-state index in [1.54, 1.807) is 49.6 Å². The average Bonchev–Trinajstić information content (AvgIpc) is 2.87. The molecule has 0 heterocycles. The van der Waals surface area contributed by atoms with Gasteiger partial charge in [0.15, 0.2) is 6.61 Å². The summed E-state index contributed by atoms with van der Waals surface area (Å²) in [4.78, 5) is 28.2. The van der Waals surface area contributed by atoms with Crippen LogP contribution in [0, 0.1) is 0 Å². The smallest absolute Gasteiger partial charge is 0.261 e. The van der Waals surface area contributed by atoms with Crippen LogP contribution in [0.25, 0.3) is 0 Å². The van der Waals surface area contributed by atoms with E-state index in [0.717, 1.165) is 5.56 Å². The number of hydrogen-bond acceptors (Lipinski definition) is 4. The number of likely N-dealkylation sites (N-methyl/N-ethyl adjacent to an activating group) is 1. The molecule has 1 atom stereocenters. The third kappa shape index (κ3) is 7.38. The van der Waals surface area contributed by atoms with Gasteiger partial charge in [-0.2, -0.15) is 0 Å². The highest BCUT2D eigenvalue weighted by molar-refractivity contribution is 6.36. The molecule has 3 rings (SSSR count). The summed E-state index contributed by atoms with van der Waals surface area (Å²) in [7, 11) is 1.57. The molecule has 2 amide bonds. The van der Waals surface area contributed by atoms with Crippen molar-refractivity contribution in [1.29, 1.82) is 0 Å². The van der Waals surface area contributed by atoms with Crippen molar-refractivity contribution in [2.45, 2.75) is 25.9 Å². The lowest BCUT2D eigenvalue weighted by atomic mass is 10.0. The van der Waals surface area contributed by atoms with E-state index >= 15 is 0 Å². The molecule has 6 nitrogen and oxygen atoms in total. The van der Waals surface area contributed by atoms with E-state index in [9.17, 15) is 9.59 Å². The van der Waals surface area contributed by atoms with Gasteiger partial charge in [0.05, 0.1) is 7.11 Å². The van der Waals surface area contributed by atoms with Gasteiger partial charge in [0.25, 0.3) is 5.91 Å². The van der Waals surface area contributed by atoms with Gasteiger partial charge in [-0.05, 0) is 48.9 Å². The lowest BCUT2D eigenvalue weighted by Gasteiger charge is -2.32. The van der Waals surface area contributed by atoms with Crippen LogP contribution in [0.15, 0.2) is 72.8 Å². The molecule has 3 aromatic rings. The molecule has 184 valence electrons. The Bertz CT molecular complexity index is 1100. The molecular formula is C27H28Cl2N2O4. The van der Waals surface area contributed by atoms with E-state index in [0.29, 0.717) is 40.1 Å². The summed E-state index contributed by atoms with van der Waals surface area (Å²) in [5.74, 6) is 0.548.